The monoisotopic (exact) mass is 425 g/mol. The third-order valence-corrected chi connectivity index (χ3v) is 5.77. The van der Waals surface area contributed by atoms with Gasteiger partial charge in [-0.15, -0.1) is 0 Å². The number of nitrogens with one attached hydrogen (secondary N) is 2. The number of carbonyl (C=O) groups excluding carboxylic acids is 3. The van der Waals surface area contributed by atoms with Gasteiger partial charge in [-0.25, -0.2) is 9.18 Å². The maximum absolute atomic E-state index is 14.8. The maximum atomic E-state index is 14.8. The summed E-state index contributed by atoms with van der Waals surface area (Å²) in [6.45, 7) is 3.94. The lowest BCUT2D eigenvalue weighted by molar-refractivity contribution is -0.153. The van der Waals surface area contributed by atoms with Gasteiger partial charge >= 0.3 is 6.03 Å². The minimum absolute atomic E-state index is 0.0209. The van der Waals surface area contributed by atoms with Crippen LogP contribution < -0.4 is 15.5 Å². The van der Waals surface area contributed by atoms with E-state index in [9.17, 15) is 18.8 Å². The van der Waals surface area contributed by atoms with Gasteiger partial charge in [-0.3, -0.25) is 20.2 Å². The summed E-state index contributed by atoms with van der Waals surface area (Å²) in [5, 5.41) is 4.40. The van der Waals surface area contributed by atoms with Gasteiger partial charge in [0.1, 0.15) is 5.82 Å². The van der Waals surface area contributed by atoms with Crippen molar-refractivity contribution in [2.75, 3.05) is 11.4 Å². The number of barbiturate groups is 1. The van der Waals surface area contributed by atoms with Crippen molar-refractivity contribution >= 4 is 39.5 Å². The Balaban J connectivity index is 1.95. The van der Waals surface area contributed by atoms with E-state index in [1.54, 1.807) is 17.9 Å². The minimum Gasteiger partial charge on any atom is -0.372 e. The van der Waals surface area contributed by atoms with Crippen molar-refractivity contribution in [1.29, 1.82) is 0 Å². The summed E-state index contributed by atoms with van der Waals surface area (Å²) in [7, 11) is 0. The molecule has 4 amide bonds. The van der Waals surface area contributed by atoms with Gasteiger partial charge < -0.3 is 9.64 Å². The number of urea groups is 1. The number of imide groups is 2. The van der Waals surface area contributed by atoms with Crippen LogP contribution in [0, 0.1) is 11.2 Å². The fraction of sp³-hybridized carbons (Fsp3) is 0.471. The van der Waals surface area contributed by atoms with E-state index < -0.39 is 41.2 Å². The molecular weight excluding hydrogens is 409 g/mol. The van der Waals surface area contributed by atoms with E-state index in [-0.39, 0.29) is 12.5 Å². The van der Waals surface area contributed by atoms with Crippen LogP contribution in [0.15, 0.2) is 16.6 Å². The number of hydrogen-bond donors (Lipinski definition) is 2. The van der Waals surface area contributed by atoms with Crippen molar-refractivity contribution in [3.8, 4) is 0 Å². The van der Waals surface area contributed by atoms with Gasteiger partial charge in [0.2, 0.25) is 11.8 Å². The van der Waals surface area contributed by atoms with E-state index in [1.807, 2.05) is 6.92 Å². The Hall–Kier alpha value is -2.00. The third kappa shape index (κ3) is 2.30. The molecule has 1 aromatic rings. The molecule has 0 bridgehead atoms. The highest BCUT2D eigenvalue weighted by Gasteiger charge is 2.63. The number of morpholine rings is 1. The second-order valence-electron chi connectivity index (χ2n) is 7.03. The summed E-state index contributed by atoms with van der Waals surface area (Å²) in [5.74, 6) is -1.79. The van der Waals surface area contributed by atoms with Crippen molar-refractivity contribution in [3.05, 3.63) is 28.0 Å². The topological polar surface area (TPSA) is 87.7 Å². The summed E-state index contributed by atoms with van der Waals surface area (Å²) >= 11 is 3.27. The van der Waals surface area contributed by atoms with Crippen molar-refractivity contribution in [1.82, 2.24) is 10.6 Å². The third-order valence-electron chi connectivity index (χ3n) is 5.31. The first-order valence-electron chi connectivity index (χ1n) is 8.31. The zero-order valence-corrected chi connectivity index (χ0v) is 15.7. The molecule has 9 heteroatoms. The minimum atomic E-state index is -1.58. The van der Waals surface area contributed by atoms with Crippen molar-refractivity contribution in [2.24, 2.45) is 5.41 Å². The smallest absolute Gasteiger partial charge is 0.328 e. The van der Waals surface area contributed by atoms with Gasteiger partial charge in [-0.05, 0) is 31.5 Å². The lowest BCUT2D eigenvalue weighted by Gasteiger charge is -2.55. The van der Waals surface area contributed by atoms with Crippen molar-refractivity contribution in [2.45, 2.75) is 38.5 Å². The normalized spacial score (nSPS) is 29.8. The zero-order chi connectivity index (χ0) is 18.8. The van der Waals surface area contributed by atoms with Crippen LogP contribution in [-0.2, 0) is 20.7 Å². The summed E-state index contributed by atoms with van der Waals surface area (Å²) < 4.78 is 21.2. The zero-order valence-electron chi connectivity index (χ0n) is 14.1. The molecule has 3 aliphatic heterocycles. The number of hydrogen-bond acceptors (Lipinski definition) is 5. The average Bonchev–Trinajstić information content (AvgIpc) is 2.50. The summed E-state index contributed by atoms with van der Waals surface area (Å²) in [6, 6.07) is 1.50. The lowest BCUT2D eigenvalue weighted by Crippen LogP contribution is -2.75. The van der Waals surface area contributed by atoms with E-state index in [1.165, 1.54) is 6.07 Å². The summed E-state index contributed by atoms with van der Waals surface area (Å²) in [5.41, 5.74) is -0.661. The Morgan fingerprint density at radius 1 is 1.23 bits per heavy atom. The molecular formula is C17H17BrFN3O4. The molecule has 26 heavy (non-hydrogen) atoms. The molecule has 0 radical (unpaired) electrons. The van der Waals surface area contributed by atoms with E-state index in [0.29, 0.717) is 22.3 Å². The van der Waals surface area contributed by atoms with Gasteiger partial charge in [0.25, 0.3) is 0 Å². The van der Waals surface area contributed by atoms with Crippen LogP contribution in [0.5, 0.6) is 0 Å². The molecule has 2 saturated heterocycles. The summed E-state index contributed by atoms with van der Waals surface area (Å²) in [4.78, 5) is 39.1. The molecule has 2 N–H and O–H groups in total. The Labute approximate surface area is 157 Å². The quantitative estimate of drug-likeness (QED) is 0.614. The molecule has 2 fully saturated rings. The second kappa shape index (κ2) is 5.75. The molecule has 0 aromatic heterocycles. The molecule has 4 rings (SSSR count). The van der Waals surface area contributed by atoms with E-state index in [0.717, 1.165) is 0 Å². The first-order valence-corrected chi connectivity index (χ1v) is 9.10. The van der Waals surface area contributed by atoms with Crippen LogP contribution in [0.25, 0.3) is 0 Å². The number of rotatable bonds is 0. The Morgan fingerprint density at radius 3 is 2.54 bits per heavy atom. The predicted molar refractivity (Wildman–Crippen MR) is 93.1 cm³/mol. The highest BCUT2D eigenvalue weighted by Crippen LogP contribution is 2.48. The fourth-order valence-electron chi connectivity index (χ4n) is 4.50. The molecule has 1 spiro atoms. The van der Waals surface area contributed by atoms with E-state index in [2.05, 4.69) is 26.6 Å². The van der Waals surface area contributed by atoms with Gasteiger partial charge in [0.05, 0.1) is 23.9 Å². The Morgan fingerprint density at radius 2 is 1.88 bits per heavy atom. The SMILES string of the molecule is C[C@@H]1CN2c3c(F)cc(Br)cc3CC3(C(=O)NC(=O)NC3=O)[C@H]2[C@H](C)O1. The van der Waals surface area contributed by atoms with Crippen molar-refractivity contribution < 1.29 is 23.5 Å². The molecule has 0 aliphatic carbocycles. The van der Waals surface area contributed by atoms with Crippen LogP contribution in [0.2, 0.25) is 0 Å². The number of halogens is 2. The number of anilines is 1. The van der Waals surface area contributed by atoms with Crippen LogP contribution in [0.1, 0.15) is 19.4 Å². The molecule has 3 aliphatic rings. The van der Waals surface area contributed by atoms with E-state index in [4.69, 9.17) is 4.74 Å². The molecule has 3 atom stereocenters. The molecule has 7 nitrogen and oxygen atoms in total. The number of amides is 4. The second-order valence-corrected chi connectivity index (χ2v) is 7.95. The maximum Gasteiger partial charge on any atom is 0.328 e. The standard InChI is InChI=1S/C17H17BrFN3O4/c1-7-6-22-12-9(3-10(18)4-11(12)19)5-17(13(22)8(2)26-7)14(23)20-16(25)21-15(17)24/h3-4,7-8,13H,5-6H2,1-2H3,(H2,20,21,23,24,25)/t7-,8+,13-/m1/s1. The van der Waals surface area contributed by atoms with Gasteiger partial charge in [0, 0.05) is 17.4 Å². The first-order chi connectivity index (χ1) is 12.2. The van der Waals surface area contributed by atoms with Crippen molar-refractivity contribution in [3.63, 3.8) is 0 Å². The average molecular weight is 426 g/mol. The Bertz CT molecular complexity index is 826. The van der Waals surface area contributed by atoms with Gasteiger partial charge in [0.15, 0.2) is 5.41 Å². The largest absolute Gasteiger partial charge is 0.372 e. The molecule has 0 unspecified atom stereocenters. The van der Waals surface area contributed by atoms with Crippen LogP contribution in [0.3, 0.4) is 0 Å². The summed E-state index contributed by atoms with van der Waals surface area (Å²) in [6.07, 6.45) is -0.740. The Kier molecular flexibility index (Phi) is 3.85. The number of nitrogens with zero attached hydrogens (tertiary/aromatic N) is 1. The lowest BCUT2D eigenvalue weighted by atomic mass is 9.66. The fourth-order valence-corrected chi connectivity index (χ4v) is 4.98. The number of carbonyl (C=O) groups is 3. The van der Waals surface area contributed by atoms with Gasteiger partial charge in [-0.1, -0.05) is 15.9 Å². The number of benzene rings is 1. The van der Waals surface area contributed by atoms with E-state index >= 15 is 0 Å². The number of fused-ring (bicyclic) bond motifs is 4. The highest BCUT2D eigenvalue weighted by molar-refractivity contribution is 9.10. The molecule has 138 valence electrons. The number of ether oxygens (including phenoxy) is 1. The van der Waals surface area contributed by atoms with Gasteiger partial charge in [-0.2, -0.15) is 0 Å². The van der Waals surface area contributed by atoms with Crippen LogP contribution in [0.4, 0.5) is 14.9 Å². The molecule has 1 aromatic carbocycles. The molecule has 3 heterocycles. The first kappa shape index (κ1) is 17.4. The molecule has 0 saturated carbocycles. The van der Waals surface area contributed by atoms with Crippen LogP contribution >= 0.6 is 15.9 Å². The predicted octanol–water partition coefficient (Wildman–Crippen LogP) is 1.48. The van der Waals surface area contributed by atoms with Crippen LogP contribution in [-0.4, -0.2) is 42.6 Å². The highest BCUT2D eigenvalue weighted by atomic mass is 79.9.